The molecule has 7 nitrogen and oxygen atoms in total. The first-order valence-corrected chi connectivity index (χ1v) is 7.69. The summed E-state index contributed by atoms with van der Waals surface area (Å²) in [4.78, 5) is 15.9. The molecule has 0 aliphatic heterocycles. The molecule has 1 saturated carbocycles. The Bertz CT molecular complexity index is 618. The quantitative estimate of drug-likeness (QED) is 0.815. The lowest BCUT2D eigenvalue weighted by Gasteiger charge is -2.16. The number of aromatic nitrogens is 3. The second-order valence-electron chi connectivity index (χ2n) is 5.76. The highest BCUT2D eigenvalue weighted by Crippen LogP contribution is 2.27. The second kappa shape index (κ2) is 7.23. The normalized spacial score (nSPS) is 23.6. The van der Waals surface area contributed by atoms with Crippen molar-refractivity contribution < 1.29 is 14.6 Å². The zero-order valence-electron chi connectivity index (χ0n) is 12.7. The number of nitrogens with one attached hydrogen (secondary N) is 1. The topological polar surface area (TPSA) is 89.3 Å². The Morgan fingerprint density at radius 3 is 3.00 bits per heavy atom. The fraction of sp³-hybridized carbons (Fsp3) is 0.438. The summed E-state index contributed by atoms with van der Waals surface area (Å²) in [5, 5.41) is 17.1. The summed E-state index contributed by atoms with van der Waals surface area (Å²) in [6, 6.07) is 6.90. The van der Waals surface area contributed by atoms with Crippen LogP contribution in [0.2, 0.25) is 0 Å². The van der Waals surface area contributed by atoms with Gasteiger partial charge in [0.25, 0.3) is 5.91 Å². The molecule has 0 spiro atoms. The van der Waals surface area contributed by atoms with E-state index in [2.05, 4.69) is 15.4 Å². The molecule has 1 fully saturated rings. The van der Waals surface area contributed by atoms with Crippen LogP contribution >= 0.6 is 0 Å². The molecule has 3 rings (SSSR count). The number of pyridine rings is 1. The standard InChI is InChI=1S/C16H20N4O3/c21-14-9-12(10-20-7-3-6-18-20)8-13(14)19-15(22)11-23-16-4-1-2-5-17-16/h1-7,12-14,21H,8-11H2,(H,19,22)/t12?,13-,14-/m1/s1. The number of aliphatic hydroxyl groups is 1. The van der Waals surface area contributed by atoms with E-state index < -0.39 is 6.10 Å². The summed E-state index contributed by atoms with van der Waals surface area (Å²) in [6.07, 6.45) is 6.10. The van der Waals surface area contributed by atoms with Crippen molar-refractivity contribution in [2.45, 2.75) is 31.5 Å². The van der Waals surface area contributed by atoms with Crippen molar-refractivity contribution in [1.82, 2.24) is 20.1 Å². The van der Waals surface area contributed by atoms with Gasteiger partial charge in [-0.15, -0.1) is 0 Å². The molecular weight excluding hydrogens is 296 g/mol. The number of rotatable bonds is 6. The van der Waals surface area contributed by atoms with Crippen LogP contribution < -0.4 is 10.1 Å². The molecule has 0 aromatic carbocycles. The molecule has 1 unspecified atom stereocenters. The minimum Gasteiger partial charge on any atom is -0.468 e. The maximum Gasteiger partial charge on any atom is 0.258 e. The molecule has 1 aliphatic rings. The Morgan fingerprint density at radius 2 is 2.26 bits per heavy atom. The van der Waals surface area contributed by atoms with Crippen molar-refractivity contribution in [3.63, 3.8) is 0 Å². The van der Waals surface area contributed by atoms with Crippen LogP contribution in [0.25, 0.3) is 0 Å². The van der Waals surface area contributed by atoms with E-state index in [0.717, 1.165) is 13.0 Å². The first kappa shape index (κ1) is 15.5. The number of nitrogens with zero attached hydrogens (tertiary/aromatic N) is 3. The molecule has 1 aliphatic carbocycles. The first-order chi connectivity index (χ1) is 11.2. The summed E-state index contributed by atoms with van der Waals surface area (Å²) < 4.78 is 7.16. The number of hydrogen-bond acceptors (Lipinski definition) is 5. The SMILES string of the molecule is O=C(COc1ccccn1)N[C@@H]1CC(Cn2cccn2)C[C@H]1O. The fourth-order valence-corrected chi connectivity index (χ4v) is 2.92. The van der Waals surface area contributed by atoms with Gasteiger partial charge in [0, 0.05) is 31.2 Å². The highest BCUT2D eigenvalue weighted by atomic mass is 16.5. The van der Waals surface area contributed by atoms with Crippen molar-refractivity contribution >= 4 is 5.91 Å². The number of amides is 1. The van der Waals surface area contributed by atoms with Crippen LogP contribution in [-0.2, 0) is 11.3 Å². The van der Waals surface area contributed by atoms with Crippen LogP contribution in [0, 0.1) is 5.92 Å². The van der Waals surface area contributed by atoms with Crippen LogP contribution in [0.1, 0.15) is 12.8 Å². The smallest absolute Gasteiger partial charge is 0.258 e. The van der Waals surface area contributed by atoms with Crippen LogP contribution in [0.15, 0.2) is 42.9 Å². The lowest BCUT2D eigenvalue weighted by Crippen LogP contribution is -2.42. The number of hydrogen-bond donors (Lipinski definition) is 2. The molecule has 1 amide bonds. The first-order valence-electron chi connectivity index (χ1n) is 7.69. The highest BCUT2D eigenvalue weighted by molar-refractivity contribution is 5.77. The molecule has 7 heteroatoms. The zero-order valence-corrected chi connectivity index (χ0v) is 12.7. The van der Waals surface area contributed by atoms with E-state index in [0.29, 0.717) is 18.2 Å². The minimum atomic E-state index is -0.533. The van der Waals surface area contributed by atoms with Gasteiger partial charge < -0.3 is 15.2 Å². The molecular formula is C16H20N4O3. The van der Waals surface area contributed by atoms with Crippen molar-refractivity contribution in [2.75, 3.05) is 6.61 Å². The summed E-state index contributed by atoms with van der Waals surface area (Å²) in [5.41, 5.74) is 0. The molecule has 0 bridgehead atoms. The average molecular weight is 316 g/mol. The largest absolute Gasteiger partial charge is 0.468 e. The van der Waals surface area contributed by atoms with Gasteiger partial charge in [-0.2, -0.15) is 5.10 Å². The van der Waals surface area contributed by atoms with E-state index in [1.54, 1.807) is 30.6 Å². The monoisotopic (exact) mass is 316 g/mol. The van der Waals surface area contributed by atoms with Crippen molar-refractivity contribution in [3.05, 3.63) is 42.9 Å². The van der Waals surface area contributed by atoms with Crippen molar-refractivity contribution in [2.24, 2.45) is 5.92 Å². The van der Waals surface area contributed by atoms with Crippen molar-refractivity contribution in [1.29, 1.82) is 0 Å². The molecule has 2 heterocycles. The molecule has 3 atom stereocenters. The Labute approximate surface area is 134 Å². The van der Waals surface area contributed by atoms with Gasteiger partial charge in [0.15, 0.2) is 6.61 Å². The number of carbonyl (C=O) groups excluding carboxylic acids is 1. The van der Waals surface area contributed by atoms with E-state index in [4.69, 9.17) is 4.74 Å². The van der Waals surface area contributed by atoms with Crippen LogP contribution in [-0.4, -0.2) is 44.5 Å². The molecule has 0 saturated heterocycles. The summed E-state index contributed by atoms with van der Waals surface area (Å²) in [5.74, 6) is 0.456. The van der Waals surface area contributed by atoms with Gasteiger partial charge in [-0.3, -0.25) is 9.48 Å². The van der Waals surface area contributed by atoms with Crippen LogP contribution in [0.5, 0.6) is 5.88 Å². The number of aliphatic hydroxyl groups excluding tert-OH is 1. The molecule has 23 heavy (non-hydrogen) atoms. The summed E-state index contributed by atoms with van der Waals surface area (Å²) in [7, 11) is 0. The van der Waals surface area contributed by atoms with E-state index >= 15 is 0 Å². The third kappa shape index (κ3) is 4.29. The average Bonchev–Trinajstić information content (AvgIpc) is 3.17. The van der Waals surface area contributed by atoms with Crippen LogP contribution in [0.4, 0.5) is 0 Å². The number of carbonyl (C=O) groups is 1. The molecule has 2 N–H and O–H groups in total. The Morgan fingerprint density at radius 1 is 1.35 bits per heavy atom. The van der Waals surface area contributed by atoms with Gasteiger partial charge in [0.2, 0.25) is 5.88 Å². The van der Waals surface area contributed by atoms with Gasteiger partial charge in [-0.05, 0) is 30.9 Å². The van der Waals surface area contributed by atoms with Gasteiger partial charge in [0.05, 0.1) is 12.1 Å². The third-order valence-corrected chi connectivity index (χ3v) is 3.97. The van der Waals surface area contributed by atoms with E-state index in [9.17, 15) is 9.90 Å². The Balaban J connectivity index is 1.45. The van der Waals surface area contributed by atoms with E-state index in [1.807, 2.05) is 16.9 Å². The predicted molar refractivity (Wildman–Crippen MR) is 82.6 cm³/mol. The summed E-state index contributed by atoms with van der Waals surface area (Å²) >= 11 is 0. The molecule has 2 aromatic heterocycles. The summed E-state index contributed by atoms with van der Waals surface area (Å²) in [6.45, 7) is 0.644. The molecule has 2 aromatic rings. The fourth-order valence-electron chi connectivity index (χ4n) is 2.92. The minimum absolute atomic E-state index is 0.107. The number of ether oxygens (including phenoxy) is 1. The Hall–Kier alpha value is -2.41. The second-order valence-corrected chi connectivity index (χ2v) is 5.76. The Kier molecular flexibility index (Phi) is 4.87. The van der Waals surface area contributed by atoms with Crippen LogP contribution in [0.3, 0.4) is 0 Å². The predicted octanol–water partition coefficient (Wildman–Crippen LogP) is 0.613. The van der Waals surface area contributed by atoms with Gasteiger partial charge in [0.1, 0.15) is 0 Å². The third-order valence-electron chi connectivity index (χ3n) is 3.97. The van der Waals surface area contributed by atoms with Crippen molar-refractivity contribution in [3.8, 4) is 5.88 Å². The van der Waals surface area contributed by atoms with Gasteiger partial charge in [-0.25, -0.2) is 4.98 Å². The maximum atomic E-state index is 11.9. The highest BCUT2D eigenvalue weighted by Gasteiger charge is 2.34. The van der Waals surface area contributed by atoms with E-state index in [-0.39, 0.29) is 18.6 Å². The van der Waals surface area contributed by atoms with E-state index in [1.165, 1.54) is 0 Å². The lowest BCUT2D eigenvalue weighted by atomic mass is 10.1. The van der Waals surface area contributed by atoms with Gasteiger partial charge >= 0.3 is 0 Å². The lowest BCUT2D eigenvalue weighted by molar-refractivity contribution is -0.124. The maximum absolute atomic E-state index is 11.9. The van der Waals surface area contributed by atoms with Gasteiger partial charge in [-0.1, -0.05) is 6.07 Å². The zero-order chi connectivity index (χ0) is 16.1. The molecule has 0 radical (unpaired) electrons. The molecule has 122 valence electrons.